The van der Waals surface area contributed by atoms with Crippen molar-refractivity contribution in [1.82, 2.24) is 9.78 Å². The second kappa shape index (κ2) is 6.04. The van der Waals surface area contributed by atoms with Crippen molar-refractivity contribution in [2.75, 3.05) is 10.6 Å². The third-order valence-corrected chi connectivity index (χ3v) is 2.73. The van der Waals surface area contributed by atoms with E-state index in [4.69, 9.17) is 0 Å². The normalized spacial score (nSPS) is 10.2. The Balaban J connectivity index is 1.95. The van der Waals surface area contributed by atoms with Gasteiger partial charge in [-0.2, -0.15) is 5.10 Å². The molecule has 0 unspecified atom stereocenters. The summed E-state index contributed by atoms with van der Waals surface area (Å²) in [5.74, 6) is 0.555. The number of carbonyl (C=O) groups is 1. The summed E-state index contributed by atoms with van der Waals surface area (Å²) in [4.78, 5) is 11.8. The first-order valence-corrected chi connectivity index (χ1v) is 6.36. The molecule has 1 heterocycles. The summed E-state index contributed by atoms with van der Waals surface area (Å²) in [5, 5.41) is 9.76. The van der Waals surface area contributed by atoms with Crippen LogP contribution in [0.5, 0.6) is 0 Å². The fourth-order valence-corrected chi connectivity index (χ4v) is 1.77. The zero-order valence-corrected chi connectivity index (χ0v) is 11.2. The van der Waals surface area contributed by atoms with Crippen LogP contribution in [-0.4, -0.2) is 15.8 Å². The number of carbonyl (C=O) groups excluding carboxylic acids is 1. The molecule has 0 aliphatic carbocycles. The molecule has 5 nitrogen and oxygen atoms in total. The Kier molecular flexibility index (Phi) is 4.18. The highest BCUT2D eigenvalue weighted by Crippen LogP contribution is 2.13. The van der Waals surface area contributed by atoms with E-state index in [2.05, 4.69) is 22.7 Å². The molecule has 2 N–H and O–H groups in total. The standard InChI is InChI=1S/C14H18N4O/c1-3-9-18-10-8-13(17-18)16-14(19)15-12-7-5-4-6-11(12)2/h4-8,10H,3,9H2,1-2H3,(H2,15,16,17,19). The highest BCUT2D eigenvalue weighted by molar-refractivity contribution is 5.99. The molecule has 0 fully saturated rings. The van der Waals surface area contributed by atoms with Gasteiger partial charge in [-0.05, 0) is 25.0 Å². The zero-order chi connectivity index (χ0) is 13.7. The highest BCUT2D eigenvalue weighted by atomic mass is 16.2. The number of aryl methyl sites for hydroxylation is 2. The predicted octanol–water partition coefficient (Wildman–Crippen LogP) is 3.25. The molecule has 0 bridgehead atoms. The van der Waals surface area contributed by atoms with Crippen molar-refractivity contribution < 1.29 is 4.79 Å². The van der Waals surface area contributed by atoms with Crippen LogP contribution in [0, 0.1) is 6.92 Å². The van der Waals surface area contributed by atoms with Gasteiger partial charge in [-0.25, -0.2) is 4.79 Å². The van der Waals surface area contributed by atoms with Gasteiger partial charge in [-0.15, -0.1) is 0 Å². The molecule has 0 saturated heterocycles. The largest absolute Gasteiger partial charge is 0.324 e. The Labute approximate surface area is 112 Å². The van der Waals surface area contributed by atoms with Gasteiger partial charge in [0.05, 0.1) is 0 Å². The molecular formula is C14H18N4O. The van der Waals surface area contributed by atoms with Crippen LogP contribution in [0.4, 0.5) is 16.3 Å². The van der Waals surface area contributed by atoms with E-state index in [0.717, 1.165) is 24.2 Å². The lowest BCUT2D eigenvalue weighted by Crippen LogP contribution is -2.20. The fraction of sp³-hybridized carbons (Fsp3) is 0.286. The summed E-state index contributed by atoms with van der Waals surface area (Å²) < 4.78 is 1.81. The van der Waals surface area contributed by atoms with Crippen molar-refractivity contribution in [3.63, 3.8) is 0 Å². The van der Waals surface area contributed by atoms with Gasteiger partial charge in [0.2, 0.25) is 0 Å². The second-order valence-corrected chi connectivity index (χ2v) is 4.36. The number of rotatable bonds is 4. The number of anilines is 2. The third kappa shape index (κ3) is 3.58. The van der Waals surface area contributed by atoms with Gasteiger partial charge >= 0.3 is 6.03 Å². The molecule has 2 rings (SSSR count). The minimum Gasteiger partial charge on any atom is -0.307 e. The van der Waals surface area contributed by atoms with Crippen molar-refractivity contribution in [2.45, 2.75) is 26.8 Å². The number of aromatic nitrogens is 2. The highest BCUT2D eigenvalue weighted by Gasteiger charge is 2.06. The number of amides is 2. The fourth-order valence-electron chi connectivity index (χ4n) is 1.77. The number of urea groups is 1. The van der Waals surface area contributed by atoms with Crippen molar-refractivity contribution in [2.24, 2.45) is 0 Å². The number of nitrogens with zero attached hydrogens (tertiary/aromatic N) is 2. The Morgan fingerprint density at radius 1 is 1.26 bits per heavy atom. The third-order valence-electron chi connectivity index (χ3n) is 2.73. The number of hydrogen-bond acceptors (Lipinski definition) is 2. The molecule has 0 aliphatic rings. The Hall–Kier alpha value is -2.30. The van der Waals surface area contributed by atoms with Crippen LogP contribution in [0.3, 0.4) is 0 Å². The summed E-state index contributed by atoms with van der Waals surface area (Å²) in [6.07, 6.45) is 2.86. The summed E-state index contributed by atoms with van der Waals surface area (Å²) in [6.45, 7) is 4.88. The van der Waals surface area contributed by atoms with Gasteiger partial charge in [-0.3, -0.25) is 10.00 Å². The number of nitrogens with one attached hydrogen (secondary N) is 2. The molecule has 0 aliphatic heterocycles. The lowest BCUT2D eigenvalue weighted by molar-refractivity contribution is 0.262. The maximum Gasteiger partial charge on any atom is 0.324 e. The van der Waals surface area contributed by atoms with Gasteiger partial charge in [0.25, 0.3) is 0 Å². The zero-order valence-electron chi connectivity index (χ0n) is 11.2. The maximum absolute atomic E-state index is 11.8. The van der Waals surface area contributed by atoms with E-state index in [1.807, 2.05) is 42.1 Å². The van der Waals surface area contributed by atoms with Crippen LogP contribution in [0.1, 0.15) is 18.9 Å². The predicted molar refractivity (Wildman–Crippen MR) is 76.3 cm³/mol. The van der Waals surface area contributed by atoms with E-state index in [1.54, 1.807) is 6.07 Å². The van der Waals surface area contributed by atoms with Crippen LogP contribution in [0.2, 0.25) is 0 Å². The van der Waals surface area contributed by atoms with Gasteiger partial charge in [0, 0.05) is 24.5 Å². The van der Waals surface area contributed by atoms with Crippen LogP contribution in [0.15, 0.2) is 36.5 Å². The minimum absolute atomic E-state index is 0.281. The molecule has 19 heavy (non-hydrogen) atoms. The first-order chi connectivity index (χ1) is 9.19. The molecule has 0 radical (unpaired) electrons. The maximum atomic E-state index is 11.8. The number of benzene rings is 1. The molecule has 0 saturated carbocycles. The summed E-state index contributed by atoms with van der Waals surface area (Å²) >= 11 is 0. The SMILES string of the molecule is CCCn1ccc(NC(=O)Nc2ccccc2C)n1. The molecular weight excluding hydrogens is 240 g/mol. The van der Waals surface area contributed by atoms with E-state index in [-0.39, 0.29) is 6.03 Å². The lowest BCUT2D eigenvalue weighted by Gasteiger charge is -2.08. The molecule has 2 amide bonds. The first-order valence-electron chi connectivity index (χ1n) is 6.36. The average molecular weight is 258 g/mol. The van der Waals surface area contributed by atoms with Crippen LogP contribution < -0.4 is 10.6 Å². The van der Waals surface area contributed by atoms with Crippen molar-refractivity contribution >= 4 is 17.5 Å². The quantitative estimate of drug-likeness (QED) is 0.884. The summed E-state index contributed by atoms with van der Waals surface area (Å²) in [5.41, 5.74) is 1.82. The average Bonchev–Trinajstić information content (AvgIpc) is 2.80. The molecule has 0 atom stereocenters. The number of para-hydroxylation sites is 1. The first kappa shape index (κ1) is 13.1. The van der Waals surface area contributed by atoms with Gasteiger partial charge in [0.15, 0.2) is 5.82 Å². The molecule has 2 aromatic rings. The topological polar surface area (TPSA) is 59.0 Å². The van der Waals surface area contributed by atoms with Crippen molar-refractivity contribution in [3.8, 4) is 0 Å². The Bertz CT molecular complexity index is 562. The van der Waals surface area contributed by atoms with Gasteiger partial charge in [0.1, 0.15) is 0 Å². The van der Waals surface area contributed by atoms with E-state index >= 15 is 0 Å². The second-order valence-electron chi connectivity index (χ2n) is 4.36. The summed E-state index contributed by atoms with van der Waals surface area (Å²) in [6, 6.07) is 9.14. The summed E-state index contributed by atoms with van der Waals surface area (Å²) in [7, 11) is 0. The van der Waals surface area contributed by atoms with E-state index in [1.165, 1.54) is 0 Å². The number of hydrogen-bond donors (Lipinski definition) is 2. The molecule has 1 aromatic heterocycles. The van der Waals surface area contributed by atoms with Crippen LogP contribution in [-0.2, 0) is 6.54 Å². The van der Waals surface area contributed by atoms with Crippen molar-refractivity contribution in [3.05, 3.63) is 42.1 Å². The lowest BCUT2D eigenvalue weighted by atomic mass is 10.2. The van der Waals surface area contributed by atoms with Gasteiger partial charge < -0.3 is 5.32 Å². The molecule has 1 aromatic carbocycles. The molecule has 0 spiro atoms. The minimum atomic E-state index is -0.281. The van der Waals surface area contributed by atoms with E-state index < -0.39 is 0 Å². The van der Waals surface area contributed by atoms with Gasteiger partial charge in [-0.1, -0.05) is 25.1 Å². The smallest absolute Gasteiger partial charge is 0.307 e. The molecule has 5 heteroatoms. The van der Waals surface area contributed by atoms with E-state index in [9.17, 15) is 4.79 Å². The Morgan fingerprint density at radius 2 is 2.05 bits per heavy atom. The van der Waals surface area contributed by atoms with Crippen molar-refractivity contribution in [1.29, 1.82) is 0 Å². The van der Waals surface area contributed by atoms with Crippen LogP contribution in [0.25, 0.3) is 0 Å². The monoisotopic (exact) mass is 258 g/mol. The Morgan fingerprint density at radius 3 is 2.79 bits per heavy atom. The van der Waals surface area contributed by atoms with Crippen LogP contribution >= 0.6 is 0 Å². The van der Waals surface area contributed by atoms with E-state index in [0.29, 0.717) is 5.82 Å². The molecule has 100 valence electrons.